The summed E-state index contributed by atoms with van der Waals surface area (Å²) in [6, 6.07) is 0.478. The van der Waals surface area contributed by atoms with E-state index in [0.29, 0.717) is 11.1 Å². The molecule has 0 aromatic heterocycles. The lowest BCUT2D eigenvalue weighted by Crippen LogP contribution is -2.48. The molecule has 19 heavy (non-hydrogen) atoms. The maximum absolute atomic E-state index is 12.4. The van der Waals surface area contributed by atoms with E-state index in [-0.39, 0.29) is 11.7 Å². The van der Waals surface area contributed by atoms with E-state index in [0.717, 1.165) is 18.4 Å². The van der Waals surface area contributed by atoms with Crippen molar-refractivity contribution in [3.05, 3.63) is 0 Å². The van der Waals surface area contributed by atoms with Gasteiger partial charge in [0.05, 0.1) is 8.07 Å². The second-order valence-corrected chi connectivity index (χ2v) is 14.3. The molecule has 2 bridgehead atoms. The van der Waals surface area contributed by atoms with Gasteiger partial charge in [0.2, 0.25) is 0 Å². The van der Waals surface area contributed by atoms with Crippen LogP contribution >= 0.6 is 0 Å². The van der Waals surface area contributed by atoms with Crippen LogP contribution in [0.1, 0.15) is 33.6 Å². The SMILES string of the molecule is CC(C)(C)OC(=O)N1CC2([Si](C)(C)C)CC1C1CC12. The highest BCUT2D eigenvalue weighted by Gasteiger charge is 2.73. The number of amides is 1. The van der Waals surface area contributed by atoms with Gasteiger partial charge in [-0.05, 0) is 50.5 Å². The molecule has 1 aliphatic heterocycles. The van der Waals surface area contributed by atoms with Crippen LogP contribution in [0.2, 0.25) is 24.7 Å². The van der Waals surface area contributed by atoms with Gasteiger partial charge < -0.3 is 9.64 Å². The Morgan fingerprint density at radius 2 is 1.95 bits per heavy atom. The quantitative estimate of drug-likeness (QED) is 0.686. The maximum atomic E-state index is 12.4. The Bertz CT molecular complexity index is 423. The summed E-state index contributed by atoms with van der Waals surface area (Å²) in [5.41, 5.74) is -0.381. The zero-order valence-corrected chi connectivity index (χ0v) is 14.1. The molecule has 2 saturated carbocycles. The Hall–Kier alpha value is -0.513. The molecular weight excluding hydrogens is 254 g/mol. The number of carbonyl (C=O) groups is 1. The smallest absolute Gasteiger partial charge is 0.410 e. The van der Waals surface area contributed by atoms with E-state index in [2.05, 4.69) is 24.5 Å². The minimum absolute atomic E-state index is 0.0806. The van der Waals surface area contributed by atoms with Crippen LogP contribution in [0.3, 0.4) is 0 Å². The fourth-order valence-electron chi connectivity index (χ4n) is 4.52. The van der Waals surface area contributed by atoms with E-state index < -0.39 is 8.07 Å². The predicted octanol–water partition coefficient (Wildman–Crippen LogP) is 3.72. The average Bonchev–Trinajstić information content (AvgIpc) is 2.82. The highest BCUT2D eigenvalue weighted by molar-refractivity contribution is 6.79. The van der Waals surface area contributed by atoms with E-state index in [9.17, 15) is 4.79 Å². The van der Waals surface area contributed by atoms with Crippen LogP contribution in [0, 0.1) is 11.8 Å². The van der Waals surface area contributed by atoms with E-state index in [4.69, 9.17) is 4.74 Å². The summed E-state index contributed by atoms with van der Waals surface area (Å²) < 4.78 is 5.60. The van der Waals surface area contributed by atoms with Crippen molar-refractivity contribution < 1.29 is 9.53 Å². The van der Waals surface area contributed by atoms with Gasteiger partial charge in [-0.3, -0.25) is 0 Å². The molecule has 4 atom stereocenters. The molecule has 108 valence electrons. The number of ether oxygens (including phenoxy) is 1. The van der Waals surface area contributed by atoms with E-state index in [1.54, 1.807) is 0 Å². The van der Waals surface area contributed by atoms with Crippen molar-refractivity contribution in [1.82, 2.24) is 4.90 Å². The summed E-state index contributed by atoms with van der Waals surface area (Å²) in [6.07, 6.45) is 2.52. The molecule has 3 rings (SSSR count). The van der Waals surface area contributed by atoms with Gasteiger partial charge >= 0.3 is 6.09 Å². The molecule has 3 aliphatic rings. The minimum Gasteiger partial charge on any atom is -0.444 e. The molecule has 0 aromatic rings. The molecule has 3 fully saturated rings. The summed E-state index contributed by atoms with van der Waals surface area (Å²) in [7, 11) is -1.25. The molecule has 1 amide bonds. The summed E-state index contributed by atoms with van der Waals surface area (Å²) in [4.78, 5) is 14.5. The predicted molar refractivity (Wildman–Crippen MR) is 79.0 cm³/mol. The number of likely N-dealkylation sites (tertiary alicyclic amines) is 1. The van der Waals surface area contributed by atoms with Gasteiger partial charge in [0.25, 0.3) is 0 Å². The minimum atomic E-state index is -1.25. The van der Waals surface area contributed by atoms with Gasteiger partial charge in [-0.1, -0.05) is 19.6 Å². The zero-order valence-electron chi connectivity index (χ0n) is 13.1. The van der Waals surface area contributed by atoms with E-state index >= 15 is 0 Å². The van der Waals surface area contributed by atoms with E-state index in [1.807, 2.05) is 20.8 Å². The van der Waals surface area contributed by atoms with Gasteiger partial charge in [0.15, 0.2) is 0 Å². The van der Waals surface area contributed by atoms with Gasteiger partial charge in [0, 0.05) is 12.6 Å². The average molecular weight is 281 g/mol. The van der Waals surface area contributed by atoms with Crippen LogP contribution < -0.4 is 0 Å². The first kappa shape index (κ1) is 13.5. The number of hydrogen-bond acceptors (Lipinski definition) is 2. The summed E-state index contributed by atoms with van der Waals surface area (Å²) >= 11 is 0. The molecular formula is C15H27NO2Si. The van der Waals surface area contributed by atoms with Crippen LogP contribution in [-0.2, 0) is 4.74 Å². The molecule has 0 spiro atoms. The van der Waals surface area contributed by atoms with Crippen molar-refractivity contribution in [3.8, 4) is 0 Å². The first-order valence-electron chi connectivity index (χ1n) is 7.55. The number of hydrogen-bond donors (Lipinski definition) is 0. The number of piperidine rings is 1. The molecule has 4 heteroatoms. The summed E-state index contributed by atoms with van der Waals surface area (Å²) in [5, 5.41) is 0.471. The van der Waals surface area contributed by atoms with Gasteiger partial charge in [0.1, 0.15) is 5.60 Å². The van der Waals surface area contributed by atoms with Crippen LogP contribution in [0.4, 0.5) is 4.79 Å². The Balaban J connectivity index is 1.80. The topological polar surface area (TPSA) is 29.5 Å². The molecule has 1 heterocycles. The highest BCUT2D eigenvalue weighted by atomic mass is 28.3. The second-order valence-electron chi connectivity index (χ2n) is 8.79. The lowest BCUT2D eigenvalue weighted by atomic mass is 10.0. The third-order valence-corrected chi connectivity index (χ3v) is 9.31. The fraction of sp³-hybridized carbons (Fsp3) is 0.933. The van der Waals surface area contributed by atoms with Gasteiger partial charge in [-0.25, -0.2) is 4.79 Å². The first-order valence-corrected chi connectivity index (χ1v) is 11.0. The number of nitrogens with zero attached hydrogens (tertiary/aromatic N) is 1. The molecule has 2 aliphatic carbocycles. The van der Waals surface area contributed by atoms with Crippen molar-refractivity contribution in [1.29, 1.82) is 0 Å². The number of rotatable bonds is 1. The normalized spacial score (nSPS) is 40.3. The Morgan fingerprint density at radius 1 is 1.32 bits per heavy atom. The third kappa shape index (κ3) is 1.86. The summed E-state index contributed by atoms with van der Waals surface area (Å²) in [6.45, 7) is 14.2. The van der Waals surface area contributed by atoms with Crippen LogP contribution in [-0.4, -0.2) is 37.3 Å². The molecule has 0 radical (unpaired) electrons. The van der Waals surface area contributed by atoms with Crippen molar-refractivity contribution in [2.75, 3.05) is 6.54 Å². The largest absolute Gasteiger partial charge is 0.444 e. The highest BCUT2D eigenvalue weighted by Crippen LogP contribution is 2.74. The lowest BCUT2D eigenvalue weighted by molar-refractivity contribution is 0.0181. The van der Waals surface area contributed by atoms with Crippen LogP contribution in [0.15, 0.2) is 0 Å². The first-order chi connectivity index (χ1) is 8.55. The van der Waals surface area contributed by atoms with Gasteiger partial charge in [-0.15, -0.1) is 0 Å². The molecule has 1 saturated heterocycles. The Kier molecular flexibility index (Phi) is 2.53. The molecule has 3 nitrogen and oxygen atoms in total. The fourth-order valence-corrected chi connectivity index (χ4v) is 7.43. The van der Waals surface area contributed by atoms with Crippen LogP contribution in [0.25, 0.3) is 0 Å². The standard InChI is InChI=1S/C15H27NO2Si/c1-14(2,3)18-13(17)16-9-15(19(4,5)6)8-12(16)10-7-11(10)15/h10-12H,7-9H2,1-6H3. The van der Waals surface area contributed by atoms with Crippen molar-refractivity contribution in [2.45, 2.75) is 69.9 Å². The zero-order chi connectivity index (χ0) is 14.2. The van der Waals surface area contributed by atoms with Crippen LogP contribution in [0.5, 0.6) is 0 Å². The third-order valence-electron chi connectivity index (χ3n) is 5.59. The molecule has 0 N–H and O–H groups in total. The molecule has 4 unspecified atom stereocenters. The monoisotopic (exact) mass is 281 g/mol. The number of fused-ring (bicyclic) bond motifs is 5. The van der Waals surface area contributed by atoms with Gasteiger partial charge in [-0.2, -0.15) is 0 Å². The Labute approximate surface area is 117 Å². The maximum Gasteiger partial charge on any atom is 0.410 e. The Morgan fingerprint density at radius 3 is 2.42 bits per heavy atom. The van der Waals surface area contributed by atoms with Crippen molar-refractivity contribution >= 4 is 14.2 Å². The lowest BCUT2D eigenvalue weighted by Gasteiger charge is -2.41. The second kappa shape index (κ2) is 3.57. The van der Waals surface area contributed by atoms with E-state index in [1.165, 1.54) is 12.8 Å². The number of carbonyl (C=O) groups excluding carboxylic acids is 1. The molecule has 0 aromatic carbocycles. The summed E-state index contributed by atoms with van der Waals surface area (Å²) in [5.74, 6) is 1.70. The van der Waals surface area contributed by atoms with Crippen molar-refractivity contribution in [2.24, 2.45) is 11.8 Å². The van der Waals surface area contributed by atoms with Crippen molar-refractivity contribution in [3.63, 3.8) is 0 Å².